The van der Waals surface area contributed by atoms with Crippen LogP contribution >= 0.6 is 0 Å². The maximum atomic E-state index is 6.55. The molecule has 1 aliphatic carbocycles. The van der Waals surface area contributed by atoms with Crippen molar-refractivity contribution in [3.63, 3.8) is 0 Å². The highest BCUT2D eigenvalue weighted by molar-refractivity contribution is 5.51. The van der Waals surface area contributed by atoms with E-state index >= 15 is 0 Å². The van der Waals surface area contributed by atoms with E-state index in [0.717, 1.165) is 11.3 Å². The van der Waals surface area contributed by atoms with Crippen LogP contribution in [0.5, 0.6) is 17.2 Å². The lowest BCUT2D eigenvalue weighted by atomic mass is 9.87. The SMILES string of the molecule is COc1cc(OC)c(C(N)C2CCCCCC2)cc1OC. The predicted molar refractivity (Wildman–Crippen MR) is 84.2 cm³/mol. The van der Waals surface area contributed by atoms with Crippen molar-refractivity contribution in [2.45, 2.75) is 44.6 Å². The van der Waals surface area contributed by atoms with Gasteiger partial charge in [-0.15, -0.1) is 0 Å². The van der Waals surface area contributed by atoms with Crippen LogP contribution in [0.15, 0.2) is 12.1 Å². The first-order valence-electron chi connectivity index (χ1n) is 7.76. The molecule has 4 heteroatoms. The third-order valence-electron chi connectivity index (χ3n) is 4.50. The summed E-state index contributed by atoms with van der Waals surface area (Å²) < 4.78 is 16.3. The molecule has 0 aromatic heterocycles. The fourth-order valence-corrected chi connectivity index (χ4v) is 3.24. The second-order valence-electron chi connectivity index (χ2n) is 5.73. The van der Waals surface area contributed by atoms with Crippen LogP contribution in [0.25, 0.3) is 0 Å². The summed E-state index contributed by atoms with van der Waals surface area (Å²) in [7, 11) is 4.94. The molecule has 1 fully saturated rings. The standard InChI is InChI=1S/C17H27NO3/c1-19-14-11-16(21-3)15(20-2)10-13(14)17(18)12-8-6-4-5-7-9-12/h10-12,17H,4-9,18H2,1-3H3. The topological polar surface area (TPSA) is 53.7 Å². The Bertz CT molecular complexity index is 454. The van der Waals surface area contributed by atoms with Gasteiger partial charge in [0.05, 0.1) is 21.3 Å². The minimum absolute atomic E-state index is 0.0159. The largest absolute Gasteiger partial charge is 0.496 e. The van der Waals surface area contributed by atoms with Gasteiger partial charge >= 0.3 is 0 Å². The molecule has 118 valence electrons. The van der Waals surface area contributed by atoms with E-state index in [4.69, 9.17) is 19.9 Å². The van der Waals surface area contributed by atoms with E-state index in [1.165, 1.54) is 38.5 Å². The first kappa shape index (κ1) is 16.0. The summed E-state index contributed by atoms with van der Waals surface area (Å²) in [6, 6.07) is 3.82. The highest BCUT2D eigenvalue weighted by atomic mass is 16.5. The summed E-state index contributed by atoms with van der Waals surface area (Å²) in [6.07, 6.45) is 7.58. The van der Waals surface area contributed by atoms with Crippen molar-refractivity contribution in [3.8, 4) is 17.2 Å². The predicted octanol–water partition coefficient (Wildman–Crippen LogP) is 3.68. The van der Waals surface area contributed by atoms with Crippen LogP contribution in [-0.2, 0) is 0 Å². The lowest BCUT2D eigenvalue weighted by Gasteiger charge is -2.25. The smallest absolute Gasteiger partial charge is 0.164 e. The normalized spacial score (nSPS) is 17.9. The summed E-state index contributed by atoms with van der Waals surface area (Å²) >= 11 is 0. The molecule has 2 N–H and O–H groups in total. The highest BCUT2D eigenvalue weighted by Gasteiger charge is 2.25. The van der Waals surface area contributed by atoms with Crippen LogP contribution in [0.3, 0.4) is 0 Å². The van der Waals surface area contributed by atoms with Crippen molar-refractivity contribution in [1.82, 2.24) is 0 Å². The Kier molecular flexibility index (Phi) is 5.74. The van der Waals surface area contributed by atoms with E-state index in [-0.39, 0.29) is 6.04 Å². The summed E-state index contributed by atoms with van der Waals surface area (Å²) in [5, 5.41) is 0. The van der Waals surface area contributed by atoms with Gasteiger partial charge in [0, 0.05) is 17.7 Å². The van der Waals surface area contributed by atoms with Crippen LogP contribution in [0.4, 0.5) is 0 Å². The fraction of sp³-hybridized carbons (Fsp3) is 0.647. The van der Waals surface area contributed by atoms with Crippen LogP contribution in [0.1, 0.15) is 50.1 Å². The van der Waals surface area contributed by atoms with Gasteiger partial charge in [-0.3, -0.25) is 0 Å². The Hall–Kier alpha value is -1.42. The number of nitrogens with two attached hydrogens (primary N) is 1. The zero-order chi connectivity index (χ0) is 15.2. The Labute approximate surface area is 127 Å². The van der Waals surface area contributed by atoms with Gasteiger partial charge < -0.3 is 19.9 Å². The molecule has 21 heavy (non-hydrogen) atoms. The van der Waals surface area contributed by atoms with Gasteiger partial charge in [-0.25, -0.2) is 0 Å². The van der Waals surface area contributed by atoms with E-state index in [9.17, 15) is 0 Å². The minimum atomic E-state index is -0.0159. The van der Waals surface area contributed by atoms with Crippen molar-refractivity contribution in [3.05, 3.63) is 17.7 Å². The molecule has 0 amide bonds. The van der Waals surface area contributed by atoms with Crippen LogP contribution in [0.2, 0.25) is 0 Å². The molecule has 0 saturated heterocycles. The molecule has 0 spiro atoms. The molecule has 2 rings (SSSR count). The number of ether oxygens (including phenoxy) is 3. The summed E-state index contributed by atoms with van der Waals surface area (Å²) in [6.45, 7) is 0. The summed E-state index contributed by atoms with van der Waals surface area (Å²) in [5.41, 5.74) is 7.57. The van der Waals surface area contributed by atoms with Crippen molar-refractivity contribution in [1.29, 1.82) is 0 Å². The van der Waals surface area contributed by atoms with Crippen LogP contribution in [0, 0.1) is 5.92 Å². The van der Waals surface area contributed by atoms with Gasteiger partial charge in [0.25, 0.3) is 0 Å². The first-order valence-corrected chi connectivity index (χ1v) is 7.76. The Balaban J connectivity index is 2.31. The van der Waals surface area contributed by atoms with Crippen molar-refractivity contribution in [2.24, 2.45) is 11.7 Å². The van der Waals surface area contributed by atoms with Gasteiger partial charge in [0.2, 0.25) is 0 Å². The lowest BCUT2D eigenvalue weighted by molar-refractivity contribution is 0.336. The van der Waals surface area contributed by atoms with E-state index < -0.39 is 0 Å². The van der Waals surface area contributed by atoms with Crippen LogP contribution < -0.4 is 19.9 Å². The molecule has 4 nitrogen and oxygen atoms in total. The molecule has 0 aliphatic heterocycles. The number of hydrogen-bond donors (Lipinski definition) is 1. The Morgan fingerprint density at radius 2 is 1.38 bits per heavy atom. The van der Waals surface area contributed by atoms with Crippen LogP contribution in [-0.4, -0.2) is 21.3 Å². The number of methoxy groups -OCH3 is 3. The quantitative estimate of drug-likeness (QED) is 0.841. The second kappa shape index (κ2) is 7.55. The van der Waals surface area contributed by atoms with Crippen molar-refractivity contribution >= 4 is 0 Å². The zero-order valence-corrected chi connectivity index (χ0v) is 13.4. The first-order chi connectivity index (χ1) is 10.2. The molecule has 1 atom stereocenters. The second-order valence-corrected chi connectivity index (χ2v) is 5.73. The molecule has 0 heterocycles. The van der Waals surface area contributed by atoms with Gasteiger partial charge in [0.1, 0.15) is 5.75 Å². The summed E-state index contributed by atoms with van der Waals surface area (Å²) in [4.78, 5) is 0. The molecular formula is C17H27NO3. The van der Waals surface area contributed by atoms with Gasteiger partial charge in [0.15, 0.2) is 11.5 Å². The van der Waals surface area contributed by atoms with Gasteiger partial charge in [-0.05, 0) is 24.8 Å². The molecular weight excluding hydrogens is 266 g/mol. The lowest BCUT2D eigenvalue weighted by Crippen LogP contribution is -2.22. The molecule has 1 saturated carbocycles. The zero-order valence-electron chi connectivity index (χ0n) is 13.4. The number of hydrogen-bond acceptors (Lipinski definition) is 4. The van der Waals surface area contributed by atoms with E-state index in [1.54, 1.807) is 21.3 Å². The fourth-order valence-electron chi connectivity index (χ4n) is 3.24. The third-order valence-corrected chi connectivity index (χ3v) is 4.50. The van der Waals surface area contributed by atoms with E-state index in [1.807, 2.05) is 12.1 Å². The van der Waals surface area contributed by atoms with Gasteiger partial charge in [-0.2, -0.15) is 0 Å². The molecule has 1 aliphatic rings. The third kappa shape index (κ3) is 3.62. The number of rotatable bonds is 5. The monoisotopic (exact) mass is 293 g/mol. The van der Waals surface area contributed by atoms with Gasteiger partial charge in [-0.1, -0.05) is 25.7 Å². The maximum Gasteiger partial charge on any atom is 0.164 e. The summed E-state index contributed by atoms with van der Waals surface area (Å²) in [5.74, 6) is 2.67. The molecule has 1 aromatic carbocycles. The maximum absolute atomic E-state index is 6.55. The Morgan fingerprint density at radius 3 is 1.90 bits per heavy atom. The molecule has 0 radical (unpaired) electrons. The average Bonchev–Trinajstić information content (AvgIpc) is 2.82. The molecule has 1 unspecified atom stereocenters. The number of benzene rings is 1. The molecule has 0 bridgehead atoms. The minimum Gasteiger partial charge on any atom is -0.496 e. The Morgan fingerprint density at radius 1 is 0.857 bits per heavy atom. The van der Waals surface area contributed by atoms with Crippen molar-refractivity contribution in [2.75, 3.05) is 21.3 Å². The van der Waals surface area contributed by atoms with E-state index in [0.29, 0.717) is 17.4 Å². The molecule has 1 aromatic rings. The van der Waals surface area contributed by atoms with Crippen molar-refractivity contribution < 1.29 is 14.2 Å². The average molecular weight is 293 g/mol. The van der Waals surface area contributed by atoms with E-state index in [2.05, 4.69) is 0 Å². The highest BCUT2D eigenvalue weighted by Crippen LogP contribution is 2.41.